The number of benzene rings is 1. The molecule has 0 saturated heterocycles. The minimum atomic E-state index is -0.654. The summed E-state index contributed by atoms with van der Waals surface area (Å²) in [6, 6.07) is 2.69. The van der Waals surface area contributed by atoms with Crippen LogP contribution in [0.25, 0.3) is 0 Å². The Hall–Kier alpha value is -0.480. The van der Waals surface area contributed by atoms with E-state index in [0.29, 0.717) is 22.6 Å². The molecule has 5 heteroatoms. The summed E-state index contributed by atoms with van der Waals surface area (Å²) in [5.74, 6) is 0.123. The van der Waals surface area contributed by atoms with E-state index in [2.05, 4.69) is 6.92 Å². The molecule has 1 rings (SSSR count). The largest absolute Gasteiger partial charge is 0.507 e. The maximum atomic E-state index is 9.93. The van der Waals surface area contributed by atoms with Gasteiger partial charge in [0.2, 0.25) is 0 Å². The monoisotopic (exact) mass is 293 g/mol. The lowest BCUT2D eigenvalue weighted by Gasteiger charge is -2.21. The molecule has 0 heterocycles. The summed E-state index contributed by atoms with van der Waals surface area (Å²) in [4.78, 5) is 0. The van der Waals surface area contributed by atoms with Gasteiger partial charge in [0, 0.05) is 10.6 Å². The fourth-order valence-corrected chi connectivity index (χ4v) is 2.10. The lowest BCUT2D eigenvalue weighted by molar-refractivity contribution is 0.131. The summed E-state index contributed by atoms with van der Waals surface area (Å²) in [7, 11) is 0. The predicted molar refractivity (Wildman–Crippen MR) is 77.6 cm³/mol. The summed E-state index contributed by atoms with van der Waals surface area (Å²) in [5, 5.41) is 20.4. The van der Waals surface area contributed by atoms with Crippen LogP contribution in [0.1, 0.15) is 43.4 Å². The Balaban J connectivity index is 0.00000289. The number of phenols is 1. The average molecular weight is 294 g/mol. The number of nitrogens with two attached hydrogens (primary N) is 1. The van der Waals surface area contributed by atoms with E-state index < -0.39 is 12.1 Å². The third-order valence-corrected chi connectivity index (χ3v) is 3.14. The number of aryl methyl sites for hydroxylation is 1. The molecule has 1 aromatic rings. The lowest BCUT2D eigenvalue weighted by atomic mass is 9.96. The first kappa shape index (κ1) is 17.5. The van der Waals surface area contributed by atoms with Crippen molar-refractivity contribution < 1.29 is 10.2 Å². The van der Waals surface area contributed by atoms with Crippen molar-refractivity contribution in [3.05, 3.63) is 28.3 Å². The first-order chi connectivity index (χ1) is 7.97. The molecule has 3 nitrogen and oxygen atoms in total. The molecule has 0 unspecified atom stereocenters. The summed E-state index contributed by atoms with van der Waals surface area (Å²) >= 11 is 5.93. The van der Waals surface area contributed by atoms with Crippen LogP contribution in [-0.4, -0.2) is 16.3 Å². The van der Waals surface area contributed by atoms with E-state index in [1.807, 2.05) is 0 Å². The van der Waals surface area contributed by atoms with E-state index in [1.54, 1.807) is 19.1 Å². The molecular weight excluding hydrogens is 273 g/mol. The van der Waals surface area contributed by atoms with Gasteiger partial charge in [-0.1, -0.05) is 31.4 Å². The molecule has 18 heavy (non-hydrogen) atoms. The summed E-state index contributed by atoms with van der Waals surface area (Å²) in [5.41, 5.74) is 7.13. The van der Waals surface area contributed by atoms with Crippen molar-refractivity contribution in [1.29, 1.82) is 0 Å². The first-order valence-corrected chi connectivity index (χ1v) is 6.27. The van der Waals surface area contributed by atoms with Crippen LogP contribution in [0.5, 0.6) is 5.75 Å². The third kappa shape index (κ3) is 4.32. The van der Waals surface area contributed by atoms with Crippen LogP contribution in [0, 0.1) is 6.92 Å². The SMILES string of the molecule is CCCC[C@@H](O)[C@@H](N)c1cc(Cl)cc(C)c1O.Cl. The van der Waals surface area contributed by atoms with Crippen LogP contribution in [0.3, 0.4) is 0 Å². The second-order valence-corrected chi connectivity index (χ2v) is 4.83. The van der Waals surface area contributed by atoms with Gasteiger partial charge in [0.1, 0.15) is 5.75 Å². The highest BCUT2D eigenvalue weighted by atomic mass is 35.5. The number of aliphatic hydroxyl groups is 1. The zero-order chi connectivity index (χ0) is 13.0. The molecule has 0 amide bonds. The Bertz CT molecular complexity index is 385. The van der Waals surface area contributed by atoms with Gasteiger partial charge in [0.25, 0.3) is 0 Å². The Labute approximate surface area is 119 Å². The van der Waals surface area contributed by atoms with E-state index in [1.165, 1.54) is 0 Å². The van der Waals surface area contributed by atoms with E-state index in [-0.39, 0.29) is 18.2 Å². The van der Waals surface area contributed by atoms with E-state index in [9.17, 15) is 10.2 Å². The van der Waals surface area contributed by atoms with Crippen LogP contribution >= 0.6 is 24.0 Å². The van der Waals surface area contributed by atoms with E-state index in [0.717, 1.165) is 12.8 Å². The molecule has 1 aromatic carbocycles. The number of hydrogen-bond donors (Lipinski definition) is 3. The molecule has 0 aliphatic heterocycles. The van der Waals surface area contributed by atoms with Gasteiger partial charge in [-0.05, 0) is 31.0 Å². The Morgan fingerprint density at radius 1 is 1.39 bits per heavy atom. The highest BCUT2D eigenvalue weighted by Crippen LogP contribution is 2.32. The van der Waals surface area contributed by atoms with Crippen molar-refractivity contribution in [2.45, 2.75) is 45.3 Å². The lowest BCUT2D eigenvalue weighted by Crippen LogP contribution is -2.26. The Morgan fingerprint density at radius 3 is 2.56 bits per heavy atom. The topological polar surface area (TPSA) is 66.5 Å². The van der Waals surface area contributed by atoms with Crippen molar-refractivity contribution in [1.82, 2.24) is 0 Å². The zero-order valence-corrected chi connectivity index (χ0v) is 12.3. The molecule has 2 atom stereocenters. The summed E-state index contributed by atoms with van der Waals surface area (Å²) < 4.78 is 0. The van der Waals surface area contributed by atoms with Gasteiger partial charge >= 0.3 is 0 Å². The van der Waals surface area contributed by atoms with Crippen molar-refractivity contribution >= 4 is 24.0 Å². The average Bonchev–Trinajstić information content (AvgIpc) is 2.29. The molecule has 0 radical (unpaired) electrons. The second kappa shape index (κ2) is 7.85. The van der Waals surface area contributed by atoms with Crippen LogP contribution in [0.15, 0.2) is 12.1 Å². The minimum Gasteiger partial charge on any atom is -0.507 e. The normalized spacial score (nSPS) is 13.8. The van der Waals surface area contributed by atoms with Gasteiger partial charge in [0.05, 0.1) is 12.1 Å². The number of unbranched alkanes of at least 4 members (excludes halogenated alkanes) is 1. The molecule has 0 aromatic heterocycles. The Kier molecular flexibility index (Phi) is 7.64. The first-order valence-electron chi connectivity index (χ1n) is 5.90. The summed E-state index contributed by atoms with van der Waals surface area (Å²) in [6.45, 7) is 3.81. The highest BCUT2D eigenvalue weighted by Gasteiger charge is 2.20. The van der Waals surface area contributed by atoms with Gasteiger partial charge in [-0.15, -0.1) is 12.4 Å². The number of halogens is 2. The van der Waals surface area contributed by atoms with Gasteiger partial charge < -0.3 is 15.9 Å². The van der Waals surface area contributed by atoms with Crippen molar-refractivity contribution in [3.8, 4) is 5.75 Å². The van der Waals surface area contributed by atoms with E-state index >= 15 is 0 Å². The van der Waals surface area contributed by atoms with Gasteiger partial charge in [-0.2, -0.15) is 0 Å². The predicted octanol–water partition coefficient (Wildman–Crippen LogP) is 3.33. The summed E-state index contributed by atoms with van der Waals surface area (Å²) in [6.07, 6.45) is 1.89. The van der Waals surface area contributed by atoms with Crippen molar-refractivity contribution in [2.24, 2.45) is 5.73 Å². The third-order valence-electron chi connectivity index (χ3n) is 2.92. The Morgan fingerprint density at radius 2 is 2.00 bits per heavy atom. The molecule has 0 bridgehead atoms. The maximum Gasteiger partial charge on any atom is 0.123 e. The number of phenolic OH excluding ortho intramolecular Hbond substituents is 1. The molecule has 104 valence electrons. The van der Waals surface area contributed by atoms with Crippen molar-refractivity contribution in [2.75, 3.05) is 0 Å². The van der Waals surface area contributed by atoms with Gasteiger partial charge in [0.15, 0.2) is 0 Å². The quantitative estimate of drug-likeness (QED) is 0.780. The second-order valence-electron chi connectivity index (χ2n) is 4.40. The highest BCUT2D eigenvalue weighted by molar-refractivity contribution is 6.30. The number of aromatic hydroxyl groups is 1. The molecule has 0 aliphatic carbocycles. The van der Waals surface area contributed by atoms with Gasteiger partial charge in [-0.3, -0.25) is 0 Å². The molecule has 0 saturated carbocycles. The number of rotatable bonds is 5. The van der Waals surface area contributed by atoms with Crippen LogP contribution in [0.4, 0.5) is 0 Å². The molecule has 0 aliphatic rings. The fraction of sp³-hybridized carbons (Fsp3) is 0.538. The fourth-order valence-electron chi connectivity index (χ4n) is 1.82. The minimum absolute atomic E-state index is 0. The molecule has 0 spiro atoms. The molecule has 0 fully saturated rings. The van der Waals surface area contributed by atoms with Gasteiger partial charge in [-0.25, -0.2) is 0 Å². The molecular formula is C13H21Cl2NO2. The maximum absolute atomic E-state index is 9.93. The van der Waals surface area contributed by atoms with E-state index in [4.69, 9.17) is 17.3 Å². The molecule has 4 N–H and O–H groups in total. The number of hydrogen-bond acceptors (Lipinski definition) is 3. The van der Waals surface area contributed by atoms with Crippen LogP contribution in [-0.2, 0) is 0 Å². The number of aliphatic hydroxyl groups excluding tert-OH is 1. The van der Waals surface area contributed by atoms with Crippen LogP contribution < -0.4 is 5.73 Å². The zero-order valence-electron chi connectivity index (χ0n) is 10.7. The standard InChI is InChI=1S/C13H20ClNO2.ClH/c1-3-4-5-11(16)12(15)10-7-9(14)6-8(2)13(10)17;/h6-7,11-12,16-17H,3-5,15H2,1-2H3;1H/t11-,12+;/m1./s1. The van der Waals surface area contributed by atoms with Crippen molar-refractivity contribution in [3.63, 3.8) is 0 Å². The van der Waals surface area contributed by atoms with Crippen LogP contribution in [0.2, 0.25) is 5.02 Å². The smallest absolute Gasteiger partial charge is 0.123 e.